The number of nitrogens with zero attached hydrogens (tertiary/aromatic N) is 2. The van der Waals surface area contributed by atoms with E-state index in [9.17, 15) is 5.11 Å². The van der Waals surface area contributed by atoms with Crippen LogP contribution in [0, 0.1) is 0 Å². The highest BCUT2D eigenvalue weighted by Crippen LogP contribution is 2.30. The second-order valence-electron chi connectivity index (χ2n) is 5.50. The summed E-state index contributed by atoms with van der Waals surface area (Å²) in [5.74, 6) is 0.688. The minimum Gasteiger partial charge on any atom is -0.504 e. The molecule has 1 unspecified atom stereocenters. The first-order valence-corrected chi connectivity index (χ1v) is 7.29. The van der Waals surface area contributed by atoms with Crippen molar-refractivity contribution in [2.24, 2.45) is 7.05 Å². The number of phenols is 1. The van der Waals surface area contributed by atoms with E-state index in [1.807, 2.05) is 30.1 Å². The number of rotatable bonds is 4. The Balaban J connectivity index is 1.71. The lowest BCUT2D eigenvalue weighted by atomic mass is 9.93. The highest BCUT2D eigenvalue weighted by molar-refractivity contribution is 5.41. The van der Waals surface area contributed by atoms with Crippen molar-refractivity contribution in [2.45, 2.75) is 31.8 Å². The zero-order valence-electron chi connectivity index (χ0n) is 12.5. The molecule has 0 bridgehead atoms. The lowest BCUT2D eigenvalue weighted by Gasteiger charge is -2.24. The second kappa shape index (κ2) is 5.77. The van der Waals surface area contributed by atoms with Gasteiger partial charge in [-0.25, -0.2) is 0 Å². The monoisotopic (exact) mass is 287 g/mol. The van der Waals surface area contributed by atoms with Gasteiger partial charge in [-0.05, 0) is 37.0 Å². The van der Waals surface area contributed by atoms with Crippen LogP contribution in [0.1, 0.15) is 35.7 Å². The number of hydrogen-bond donors (Lipinski definition) is 2. The summed E-state index contributed by atoms with van der Waals surface area (Å²) in [5.41, 5.74) is 3.75. The van der Waals surface area contributed by atoms with Gasteiger partial charge < -0.3 is 15.2 Å². The third-order valence-corrected chi connectivity index (χ3v) is 4.17. The normalized spacial score (nSPS) is 17.5. The maximum atomic E-state index is 9.63. The predicted octanol–water partition coefficient (Wildman–Crippen LogP) is 2.30. The van der Waals surface area contributed by atoms with Crippen molar-refractivity contribution in [3.63, 3.8) is 0 Å². The molecule has 1 atom stereocenters. The molecule has 2 N–H and O–H groups in total. The predicted molar refractivity (Wildman–Crippen MR) is 80.4 cm³/mol. The Kier molecular flexibility index (Phi) is 3.84. The molecule has 1 aliphatic carbocycles. The van der Waals surface area contributed by atoms with Gasteiger partial charge in [-0.3, -0.25) is 4.68 Å². The Morgan fingerprint density at radius 2 is 2.33 bits per heavy atom. The molecule has 1 aliphatic rings. The molecule has 2 aromatic rings. The van der Waals surface area contributed by atoms with Crippen molar-refractivity contribution in [3.05, 3.63) is 41.2 Å². The van der Waals surface area contributed by atoms with Gasteiger partial charge in [-0.1, -0.05) is 6.07 Å². The molecule has 1 aromatic carbocycles. The van der Waals surface area contributed by atoms with E-state index in [0.29, 0.717) is 11.8 Å². The topological polar surface area (TPSA) is 59.3 Å². The molecule has 5 heteroatoms. The van der Waals surface area contributed by atoms with Crippen LogP contribution in [0.25, 0.3) is 0 Å². The number of phenolic OH excluding ortho intramolecular Hbond substituents is 1. The smallest absolute Gasteiger partial charge is 0.160 e. The van der Waals surface area contributed by atoms with Crippen LogP contribution in [0.2, 0.25) is 0 Å². The molecule has 1 heterocycles. The molecular formula is C16H21N3O2. The third-order valence-electron chi connectivity index (χ3n) is 4.17. The highest BCUT2D eigenvalue weighted by atomic mass is 16.5. The van der Waals surface area contributed by atoms with Gasteiger partial charge in [0.15, 0.2) is 11.5 Å². The van der Waals surface area contributed by atoms with Gasteiger partial charge >= 0.3 is 0 Å². The Bertz CT molecular complexity index is 636. The molecule has 0 amide bonds. The van der Waals surface area contributed by atoms with Crippen LogP contribution in [0.15, 0.2) is 24.4 Å². The van der Waals surface area contributed by atoms with Crippen LogP contribution in [0.4, 0.5) is 0 Å². The average molecular weight is 287 g/mol. The minimum atomic E-state index is 0.175. The fraction of sp³-hybridized carbons (Fsp3) is 0.438. The van der Waals surface area contributed by atoms with Gasteiger partial charge in [-0.15, -0.1) is 0 Å². The number of aromatic nitrogens is 2. The van der Waals surface area contributed by atoms with Gasteiger partial charge in [0.25, 0.3) is 0 Å². The Morgan fingerprint density at radius 1 is 1.48 bits per heavy atom. The van der Waals surface area contributed by atoms with E-state index < -0.39 is 0 Å². The molecule has 5 nitrogen and oxygen atoms in total. The van der Waals surface area contributed by atoms with Gasteiger partial charge in [0, 0.05) is 30.9 Å². The summed E-state index contributed by atoms with van der Waals surface area (Å²) in [6.07, 6.45) is 5.40. The number of aromatic hydroxyl groups is 1. The molecule has 0 fully saturated rings. The quantitative estimate of drug-likeness (QED) is 0.906. The molecule has 0 spiro atoms. The van der Waals surface area contributed by atoms with Gasteiger partial charge in [0.1, 0.15) is 0 Å². The summed E-state index contributed by atoms with van der Waals surface area (Å²) in [4.78, 5) is 0. The summed E-state index contributed by atoms with van der Waals surface area (Å²) in [5, 5.41) is 17.6. The first-order chi connectivity index (χ1) is 10.2. The lowest BCUT2D eigenvalue weighted by Crippen LogP contribution is -2.24. The van der Waals surface area contributed by atoms with Crippen LogP contribution < -0.4 is 10.1 Å². The largest absolute Gasteiger partial charge is 0.504 e. The van der Waals surface area contributed by atoms with Crippen molar-refractivity contribution in [1.29, 1.82) is 0 Å². The van der Waals surface area contributed by atoms with E-state index in [-0.39, 0.29) is 5.75 Å². The zero-order chi connectivity index (χ0) is 14.8. The molecule has 1 aromatic heterocycles. The van der Waals surface area contributed by atoms with Gasteiger partial charge in [-0.2, -0.15) is 5.10 Å². The van der Waals surface area contributed by atoms with E-state index in [2.05, 4.69) is 10.4 Å². The molecule has 0 saturated heterocycles. The number of hydrogen-bond acceptors (Lipinski definition) is 4. The number of ether oxygens (including phenoxy) is 1. The fourth-order valence-electron chi connectivity index (χ4n) is 2.99. The Hall–Kier alpha value is -2.01. The van der Waals surface area contributed by atoms with Crippen LogP contribution in [-0.2, 0) is 20.0 Å². The van der Waals surface area contributed by atoms with Gasteiger partial charge in [0.2, 0.25) is 0 Å². The maximum absolute atomic E-state index is 9.63. The first kappa shape index (κ1) is 13.9. The van der Waals surface area contributed by atoms with Crippen LogP contribution >= 0.6 is 0 Å². The van der Waals surface area contributed by atoms with E-state index in [4.69, 9.17) is 4.74 Å². The molecule has 21 heavy (non-hydrogen) atoms. The number of benzene rings is 1. The summed E-state index contributed by atoms with van der Waals surface area (Å²) in [7, 11) is 3.57. The summed E-state index contributed by atoms with van der Waals surface area (Å²) in [6.45, 7) is 0.746. The number of fused-ring (bicyclic) bond motifs is 1. The molecule has 0 aliphatic heterocycles. The van der Waals surface area contributed by atoms with Crippen molar-refractivity contribution in [2.75, 3.05) is 7.11 Å². The van der Waals surface area contributed by atoms with Crippen molar-refractivity contribution in [1.82, 2.24) is 15.1 Å². The van der Waals surface area contributed by atoms with E-state index >= 15 is 0 Å². The Morgan fingerprint density at radius 3 is 3.14 bits per heavy atom. The van der Waals surface area contributed by atoms with Crippen molar-refractivity contribution >= 4 is 0 Å². The Labute approximate surface area is 124 Å². The van der Waals surface area contributed by atoms with Crippen LogP contribution in [0.5, 0.6) is 11.5 Å². The number of aryl methyl sites for hydroxylation is 1. The van der Waals surface area contributed by atoms with Crippen LogP contribution in [-0.4, -0.2) is 22.0 Å². The standard InChI is InChI=1S/C16H21N3O2/c1-19-14-5-3-4-13(12(14)10-18-19)17-9-11-6-7-15(20)16(8-11)21-2/h6-8,10,13,17,20H,3-5,9H2,1-2H3. The molecular weight excluding hydrogens is 266 g/mol. The molecule has 0 saturated carbocycles. The highest BCUT2D eigenvalue weighted by Gasteiger charge is 2.22. The fourth-order valence-corrected chi connectivity index (χ4v) is 2.99. The molecule has 0 radical (unpaired) electrons. The SMILES string of the molecule is COc1cc(CNC2CCCc3c2cnn3C)ccc1O. The van der Waals surface area contributed by atoms with Crippen molar-refractivity contribution in [3.8, 4) is 11.5 Å². The minimum absolute atomic E-state index is 0.175. The maximum Gasteiger partial charge on any atom is 0.160 e. The van der Waals surface area contributed by atoms with Gasteiger partial charge in [0.05, 0.1) is 13.3 Å². The second-order valence-corrected chi connectivity index (χ2v) is 5.50. The summed E-state index contributed by atoms with van der Waals surface area (Å²) in [6, 6.07) is 5.81. The third kappa shape index (κ3) is 2.74. The van der Waals surface area contributed by atoms with Crippen LogP contribution in [0.3, 0.4) is 0 Å². The number of methoxy groups -OCH3 is 1. The average Bonchev–Trinajstić information content (AvgIpc) is 2.89. The molecule has 3 rings (SSSR count). The van der Waals surface area contributed by atoms with E-state index in [1.165, 1.54) is 17.7 Å². The lowest BCUT2D eigenvalue weighted by molar-refractivity contribution is 0.372. The number of nitrogens with one attached hydrogen (secondary N) is 1. The van der Waals surface area contributed by atoms with Crippen molar-refractivity contribution < 1.29 is 9.84 Å². The summed E-state index contributed by atoms with van der Waals surface area (Å²) < 4.78 is 7.12. The first-order valence-electron chi connectivity index (χ1n) is 7.29. The van der Waals surface area contributed by atoms with E-state index in [0.717, 1.165) is 24.9 Å². The summed E-state index contributed by atoms with van der Waals surface area (Å²) >= 11 is 0. The van der Waals surface area contributed by atoms with E-state index in [1.54, 1.807) is 13.2 Å². The zero-order valence-corrected chi connectivity index (χ0v) is 12.5. The molecule has 112 valence electrons.